The first-order valence-corrected chi connectivity index (χ1v) is 11.6. The molecule has 1 aromatic carbocycles. The van der Waals surface area contributed by atoms with Gasteiger partial charge in [0.1, 0.15) is 5.82 Å². The van der Waals surface area contributed by atoms with Crippen LogP contribution in [-0.2, 0) is 14.6 Å². The Hall–Kier alpha value is -1.70. The minimum Gasteiger partial charge on any atom is -0.378 e. The number of imidazole rings is 1. The van der Waals surface area contributed by atoms with Gasteiger partial charge in [0.25, 0.3) is 0 Å². The van der Waals surface area contributed by atoms with E-state index in [-0.39, 0.29) is 6.04 Å². The van der Waals surface area contributed by atoms with E-state index in [1.165, 1.54) is 38.4 Å². The zero-order valence-corrected chi connectivity index (χ0v) is 16.5. The fraction of sp³-hybridized carbons (Fsp3) is 0.550. The molecule has 2 fully saturated rings. The summed E-state index contributed by atoms with van der Waals surface area (Å²) < 4.78 is 29.0. The lowest BCUT2D eigenvalue weighted by molar-refractivity contribution is -0.0400. The number of nitrogens with zero attached hydrogens (tertiary/aromatic N) is 2. The Morgan fingerprint density at radius 3 is 2.59 bits per heavy atom. The minimum absolute atomic E-state index is 0.158. The summed E-state index contributed by atoms with van der Waals surface area (Å²) in [5.74, 6) is 0.933. The van der Waals surface area contributed by atoms with Crippen LogP contribution in [0.25, 0.3) is 11.3 Å². The molecule has 1 aliphatic heterocycles. The first-order chi connectivity index (χ1) is 13.0. The third-order valence-corrected chi connectivity index (χ3v) is 6.85. The van der Waals surface area contributed by atoms with Crippen molar-refractivity contribution in [3.8, 4) is 11.3 Å². The molecule has 0 amide bonds. The number of hydrogen-bond donors (Lipinski definition) is 1. The first-order valence-electron chi connectivity index (χ1n) is 9.71. The van der Waals surface area contributed by atoms with Crippen molar-refractivity contribution < 1.29 is 13.2 Å². The van der Waals surface area contributed by atoms with Gasteiger partial charge in [-0.1, -0.05) is 31.4 Å². The van der Waals surface area contributed by atoms with Gasteiger partial charge in [-0.05, 0) is 30.5 Å². The van der Waals surface area contributed by atoms with Gasteiger partial charge in [-0.25, -0.2) is 13.4 Å². The third kappa shape index (κ3) is 4.10. The summed E-state index contributed by atoms with van der Waals surface area (Å²) in [4.78, 5) is 11.0. The van der Waals surface area contributed by atoms with Gasteiger partial charge in [-0.3, -0.25) is 4.90 Å². The van der Waals surface area contributed by atoms with Crippen LogP contribution in [0.1, 0.15) is 44.0 Å². The van der Waals surface area contributed by atoms with Gasteiger partial charge in [-0.2, -0.15) is 0 Å². The Morgan fingerprint density at radius 2 is 1.89 bits per heavy atom. The molecular weight excluding hydrogens is 362 g/mol. The zero-order chi connectivity index (χ0) is 18.9. The van der Waals surface area contributed by atoms with E-state index < -0.39 is 9.84 Å². The molecule has 0 bridgehead atoms. The lowest BCUT2D eigenvalue weighted by atomic mass is 9.93. The van der Waals surface area contributed by atoms with Gasteiger partial charge in [0, 0.05) is 18.8 Å². The highest BCUT2D eigenvalue weighted by molar-refractivity contribution is 7.90. The van der Waals surface area contributed by atoms with E-state index in [4.69, 9.17) is 4.74 Å². The molecule has 1 saturated heterocycles. The topological polar surface area (TPSA) is 75.3 Å². The lowest BCUT2D eigenvalue weighted by Crippen LogP contribution is -2.46. The number of nitrogens with one attached hydrogen (secondary N) is 1. The normalized spacial score (nSPS) is 22.8. The average molecular weight is 390 g/mol. The summed E-state index contributed by atoms with van der Waals surface area (Å²) in [5.41, 5.74) is 1.83. The molecule has 1 saturated carbocycles. The van der Waals surface area contributed by atoms with Crippen molar-refractivity contribution in [1.29, 1.82) is 0 Å². The van der Waals surface area contributed by atoms with E-state index in [1.54, 1.807) is 12.1 Å². The zero-order valence-electron chi connectivity index (χ0n) is 15.7. The number of H-pyrrole nitrogens is 1. The number of morpholine rings is 1. The largest absolute Gasteiger partial charge is 0.378 e. The molecule has 6 nitrogen and oxygen atoms in total. The molecule has 0 spiro atoms. The van der Waals surface area contributed by atoms with Crippen LogP contribution in [0, 0.1) is 0 Å². The summed E-state index contributed by atoms with van der Waals surface area (Å²) >= 11 is 0. The maximum atomic E-state index is 11.6. The Kier molecular flexibility index (Phi) is 5.34. The number of hydrogen-bond acceptors (Lipinski definition) is 5. The van der Waals surface area contributed by atoms with E-state index in [0.717, 1.165) is 30.2 Å². The van der Waals surface area contributed by atoms with Crippen LogP contribution in [0.5, 0.6) is 0 Å². The molecule has 1 aromatic heterocycles. The summed E-state index contributed by atoms with van der Waals surface area (Å²) in [5, 5.41) is 0. The van der Waals surface area contributed by atoms with Crippen molar-refractivity contribution in [3.05, 3.63) is 36.3 Å². The van der Waals surface area contributed by atoms with Crippen molar-refractivity contribution in [3.63, 3.8) is 0 Å². The van der Waals surface area contributed by atoms with Crippen LogP contribution < -0.4 is 0 Å². The van der Waals surface area contributed by atoms with Gasteiger partial charge in [0.15, 0.2) is 9.84 Å². The monoisotopic (exact) mass is 389 g/mol. The SMILES string of the molecule is CS(=O)(=O)c1ccc(-c2cnc(C3COCCN3C3CCCCC3)[nH]2)cc1. The Labute approximate surface area is 160 Å². The standard InChI is InChI=1S/C20H27N3O3S/c1-27(24,25)17-9-7-15(8-10-17)18-13-21-20(22-18)19-14-26-12-11-23(19)16-5-3-2-4-6-16/h7-10,13,16,19H,2-6,11-12,14H2,1H3,(H,21,22). The van der Waals surface area contributed by atoms with Crippen molar-refractivity contribution in [2.24, 2.45) is 0 Å². The first kappa shape index (κ1) is 18.7. The van der Waals surface area contributed by atoms with Crippen LogP contribution in [0.3, 0.4) is 0 Å². The van der Waals surface area contributed by atoms with E-state index in [9.17, 15) is 8.42 Å². The van der Waals surface area contributed by atoms with E-state index in [2.05, 4.69) is 14.9 Å². The smallest absolute Gasteiger partial charge is 0.175 e. The molecule has 4 rings (SSSR count). The predicted octanol–water partition coefficient (Wildman–Crippen LogP) is 3.19. The summed E-state index contributed by atoms with van der Waals surface area (Å²) in [7, 11) is -3.18. The molecule has 2 aromatic rings. The van der Waals surface area contributed by atoms with Crippen LogP contribution in [-0.4, -0.2) is 55.3 Å². The van der Waals surface area contributed by atoms with Gasteiger partial charge in [0.2, 0.25) is 0 Å². The third-order valence-electron chi connectivity index (χ3n) is 5.72. The highest BCUT2D eigenvalue weighted by atomic mass is 32.2. The van der Waals surface area contributed by atoms with Gasteiger partial charge in [0.05, 0.1) is 36.0 Å². The fourth-order valence-corrected chi connectivity index (χ4v) is 4.87. The molecule has 2 heterocycles. The highest BCUT2D eigenvalue weighted by Crippen LogP contribution is 2.32. The van der Waals surface area contributed by atoms with Crippen LogP contribution in [0.15, 0.2) is 35.4 Å². The van der Waals surface area contributed by atoms with Gasteiger partial charge in [-0.15, -0.1) is 0 Å². The molecule has 2 aliphatic rings. The van der Waals surface area contributed by atoms with Crippen LogP contribution in [0.4, 0.5) is 0 Å². The van der Waals surface area contributed by atoms with Gasteiger partial charge < -0.3 is 9.72 Å². The lowest BCUT2D eigenvalue weighted by Gasteiger charge is -2.41. The fourth-order valence-electron chi connectivity index (χ4n) is 4.24. The number of ether oxygens (including phenoxy) is 1. The van der Waals surface area contributed by atoms with E-state index >= 15 is 0 Å². The molecule has 27 heavy (non-hydrogen) atoms. The second-order valence-corrected chi connectivity index (χ2v) is 9.61. The Bertz CT molecular complexity index is 870. The highest BCUT2D eigenvalue weighted by Gasteiger charge is 2.33. The number of sulfone groups is 1. The molecule has 0 radical (unpaired) electrons. The predicted molar refractivity (Wildman–Crippen MR) is 104 cm³/mol. The molecule has 146 valence electrons. The Balaban J connectivity index is 1.55. The van der Waals surface area contributed by atoms with Crippen LogP contribution >= 0.6 is 0 Å². The van der Waals surface area contributed by atoms with Gasteiger partial charge >= 0.3 is 0 Å². The molecule has 7 heteroatoms. The second kappa shape index (κ2) is 7.73. The molecule has 1 aliphatic carbocycles. The Morgan fingerprint density at radius 1 is 1.15 bits per heavy atom. The van der Waals surface area contributed by atoms with Crippen molar-refractivity contribution >= 4 is 9.84 Å². The van der Waals surface area contributed by atoms with Crippen molar-refractivity contribution in [2.45, 2.75) is 49.1 Å². The quantitative estimate of drug-likeness (QED) is 0.869. The number of aromatic nitrogens is 2. The maximum Gasteiger partial charge on any atom is 0.175 e. The minimum atomic E-state index is -3.18. The van der Waals surface area contributed by atoms with Crippen molar-refractivity contribution in [1.82, 2.24) is 14.9 Å². The number of benzene rings is 1. The van der Waals surface area contributed by atoms with E-state index in [0.29, 0.717) is 17.5 Å². The van der Waals surface area contributed by atoms with Crippen LogP contribution in [0.2, 0.25) is 0 Å². The summed E-state index contributed by atoms with van der Waals surface area (Å²) in [6.07, 6.45) is 9.54. The molecule has 1 atom stereocenters. The summed E-state index contributed by atoms with van der Waals surface area (Å²) in [6.45, 7) is 2.40. The maximum absolute atomic E-state index is 11.6. The molecular formula is C20H27N3O3S. The van der Waals surface area contributed by atoms with E-state index in [1.807, 2.05) is 18.3 Å². The number of rotatable bonds is 4. The number of aromatic amines is 1. The second-order valence-electron chi connectivity index (χ2n) is 7.60. The molecule has 1 N–H and O–H groups in total. The molecule has 1 unspecified atom stereocenters. The van der Waals surface area contributed by atoms with Crippen molar-refractivity contribution in [2.75, 3.05) is 26.0 Å². The average Bonchev–Trinajstić information content (AvgIpc) is 3.18. The summed E-state index contributed by atoms with van der Waals surface area (Å²) in [6, 6.07) is 7.71.